The smallest absolute Gasteiger partial charge is 0.219 e. The molecule has 1 aromatic rings. The molecule has 1 heterocycles. The number of para-hydroxylation sites is 1. The quantitative estimate of drug-likeness (QED) is 0.784. The van der Waals surface area contributed by atoms with Crippen LogP contribution < -0.4 is 16.4 Å². The van der Waals surface area contributed by atoms with E-state index >= 15 is 0 Å². The number of rotatable bonds is 5. The van der Waals surface area contributed by atoms with Crippen molar-refractivity contribution in [3.8, 4) is 0 Å². The largest absolute Gasteiger partial charge is 0.370 e. The third kappa shape index (κ3) is 4.22. The molecule has 0 unspecified atom stereocenters. The van der Waals surface area contributed by atoms with E-state index in [-0.39, 0.29) is 18.4 Å². The van der Waals surface area contributed by atoms with Crippen LogP contribution in [0.5, 0.6) is 0 Å². The van der Waals surface area contributed by atoms with Crippen LogP contribution >= 0.6 is 0 Å². The Hall–Kier alpha value is -1.59. The average molecular weight is 262 g/mol. The topological polar surface area (TPSA) is 75.6 Å². The minimum atomic E-state index is -0.324. The lowest BCUT2D eigenvalue weighted by Gasteiger charge is -2.37. The summed E-state index contributed by atoms with van der Waals surface area (Å²) < 4.78 is 0. The Morgan fingerprint density at radius 1 is 1.16 bits per heavy atom. The van der Waals surface area contributed by atoms with Crippen LogP contribution in [0.3, 0.4) is 0 Å². The Kier molecular flexibility index (Phi) is 4.76. The second-order valence-electron chi connectivity index (χ2n) is 5.05. The minimum absolute atomic E-state index is 0.152. The van der Waals surface area contributed by atoms with Crippen LogP contribution in [0.4, 0.5) is 5.69 Å². The van der Waals surface area contributed by atoms with Gasteiger partial charge in [0.15, 0.2) is 0 Å². The van der Waals surface area contributed by atoms with Crippen LogP contribution in [-0.4, -0.2) is 49.6 Å². The first-order valence-electron chi connectivity index (χ1n) is 6.71. The highest BCUT2D eigenvalue weighted by Gasteiger charge is 2.19. The number of nitrogens with zero attached hydrogens (tertiary/aromatic N) is 2. The molecule has 5 heteroatoms. The van der Waals surface area contributed by atoms with Crippen molar-refractivity contribution < 1.29 is 4.79 Å². The molecule has 19 heavy (non-hydrogen) atoms. The Bertz CT molecular complexity index is 401. The summed E-state index contributed by atoms with van der Waals surface area (Å²) in [6.45, 7) is 4.68. The van der Waals surface area contributed by atoms with Crippen LogP contribution in [0, 0.1) is 0 Å². The fourth-order valence-electron chi connectivity index (χ4n) is 2.48. The molecule has 0 bridgehead atoms. The van der Waals surface area contributed by atoms with Crippen molar-refractivity contribution >= 4 is 11.6 Å². The lowest BCUT2D eigenvalue weighted by Crippen LogP contribution is -2.50. The predicted molar refractivity (Wildman–Crippen MR) is 76.9 cm³/mol. The number of primary amides is 1. The molecule has 0 aliphatic carbocycles. The monoisotopic (exact) mass is 262 g/mol. The Labute approximate surface area is 114 Å². The molecule has 1 saturated heterocycles. The molecule has 1 amide bonds. The third-order valence-electron chi connectivity index (χ3n) is 3.45. The van der Waals surface area contributed by atoms with E-state index in [4.69, 9.17) is 11.5 Å². The molecular formula is C14H22N4O. The van der Waals surface area contributed by atoms with E-state index in [0.717, 1.165) is 32.7 Å². The van der Waals surface area contributed by atoms with Gasteiger partial charge < -0.3 is 16.4 Å². The average Bonchev–Trinajstić information content (AvgIpc) is 2.39. The first-order valence-corrected chi connectivity index (χ1v) is 6.71. The molecule has 1 fully saturated rings. The van der Waals surface area contributed by atoms with E-state index in [1.807, 2.05) is 6.07 Å². The first-order chi connectivity index (χ1) is 9.15. The normalized spacial score (nSPS) is 18.3. The Balaban J connectivity index is 1.78. The van der Waals surface area contributed by atoms with Gasteiger partial charge in [-0.25, -0.2) is 0 Å². The van der Waals surface area contributed by atoms with Crippen molar-refractivity contribution in [1.82, 2.24) is 4.90 Å². The molecule has 0 saturated carbocycles. The number of carbonyl (C=O) groups excluding carboxylic acids is 1. The van der Waals surface area contributed by atoms with Gasteiger partial charge in [0.25, 0.3) is 0 Å². The molecule has 2 rings (SSSR count). The summed E-state index contributed by atoms with van der Waals surface area (Å²) in [5.41, 5.74) is 12.3. The van der Waals surface area contributed by atoms with E-state index in [1.54, 1.807) is 0 Å². The van der Waals surface area contributed by atoms with E-state index in [1.165, 1.54) is 5.69 Å². The van der Waals surface area contributed by atoms with Crippen molar-refractivity contribution in [2.24, 2.45) is 11.5 Å². The van der Waals surface area contributed by atoms with Gasteiger partial charge in [0, 0.05) is 50.9 Å². The second kappa shape index (κ2) is 6.54. The molecule has 1 atom stereocenters. The van der Waals surface area contributed by atoms with Gasteiger partial charge in [0.05, 0.1) is 0 Å². The summed E-state index contributed by atoms with van der Waals surface area (Å²) in [4.78, 5) is 15.5. The van der Waals surface area contributed by atoms with Crippen LogP contribution in [0.15, 0.2) is 30.3 Å². The summed E-state index contributed by atoms with van der Waals surface area (Å²) in [7, 11) is 0. The number of anilines is 1. The van der Waals surface area contributed by atoms with Gasteiger partial charge in [-0.2, -0.15) is 0 Å². The summed E-state index contributed by atoms with van der Waals surface area (Å²) in [5, 5.41) is 0. The molecule has 1 aromatic carbocycles. The molecule has 0 radical (unpaired) electrons. The maximum atomic E-state index is 10.8. The predicted octanol–water partition coefficient (Wildman–Crippen LogP) is 0.0113. The van der Waals surface area contributed by atoms with Crippen LogP contribution in [0.1, 0.15) is 6.42 Å². The molecule has 0 aromatic heterocycles. The van der Waals surface area contributed by atoms with Crippen LogP contribution in [0.2, 0.25) is 0 Å². The number of hydrogen-bond donors (Lipinski definition) is 2. The molecule has 0 spiro atoms. The highest BCUT2D eigenvalue weighted by atomic mass is 16.1. The fourth-order valence-corrected chi connectivity index (χ4v) is 2.48. The van der Waals surface area contributed by atoms with Crippen LogP contribution in [-0.2, 0) is 4.79 Å². The molecule has 5 nitrogen and oxygen atoms in total. The number of benzene rings is 1. The maximum Gasteiger partial charge on any atom is 0.219 e. The number of piperazine rings is 1. The highest BCUT2D eigenvalue weighted by molar-refractivity contribution is 5.74. The zero-order valence-electron chi connectivity index (χ0n) is 11.2. The second-order valence-corrected chi connectivity index (χ2v) is 5.05. The van der Waals surface area contributed by atoms with Gasteiger partial charge in [0.2, 0.25) is 5.91 Å². The molecule has 1 aliphatic rings. The third-order valence-corrected chi connectivity index (χ3v) is 3.45. The summed E-state index contributed by atoms with van der Waals surface area (Å²) in [6, 6.07) is 10.3. The maximum absolute atomic E-state index is 10.8. The SMILES string of the molecule is NC(=O)C[C@H](N)CN1CCN(c2ccccc2)CC1. The van der Waals surface area contributed by atoms with Gasteiger partial charge >= 0.3 is 0 Å². The molecule has 1 aliphatic heterocycles. The number of nitrogens with two attached hydrogens (primary N) is 2. The van der Waals surface area contributed by atoms with Crippen LogP contribution in [0.25, 0.3) is 0 Å². The van der Waals surface area contributed by atoms with Crippen molar-refractivity contribution in [2.45, 2.75) is 12.5 Å². The van der Waals surface area contributed by atoms with Gasteiger partial charge in [-0.1, -0.05) is 18.2 Å². The Morgan fingerprint density at radius 3 is 2.37 bits per heavy atom. The van der Waals surface area contributed by atoms with Gasteiger partial charge in [-0.05, 0) is 12.1 Å². The lowest BCUT2D eigenvalue weighted by atomic mass is 10.2. The minimum Gasteiger partial charge on any atom is -0.370 e. The van der Waals surface area contributed by atoms with Crippen molar-refractivity contribution in [3.63, 3.8) is 0 Å². The van der Waals surface area contributed by atoms with E-state index in [9.17, 15) is 4.79 Å². The van der Waals surface area contributed by atoms with Gasteiger partial charge in [-0.3, -0.25) is 9.69 Å². The first kappa shape index (κ1) is 13.8. The molecular weight excluding hydrogens is 240 g/mol. The summed E-state index contributed by atoms with van der Waals surface area (Å²) >= 11 is 0. The zero-order chi connectivity index (χ0) is 13.7. The molecule has 104 valence electrons. The summed E-state index contributed by atoms with van der Waals surface area (Å²) in [5.74, 6) is -0.324. The summed E-state index contributed by atoms with van der Waals surface area (Å²) in [6.07, 6.45) is 0.263. The lowest BCUT2D eigenvalue weighted by molar-refractivity contribution is -0.118. The number of amides is 1. The van der Waals surface area contributed by atoms with Gasteiger partial charge in [0.1, 0.15) is 0 Å². The van der Waals surface area contributed by atoms with E-state index < -0.39 is 0 Å². The van der Waals surface area contributed by atoms with Crippen molar-refractivity contribution in [1.29, 1.82) is 0 Å². The van der Waals surface area contributed by atoms with E-state index in [2.05, 4.69) is 34.1 Å². The van der Waals surface area contributed by atoms with E-state index in [0.29, 0.717) is 0 Å². The number of carbonyl (C=O) groups is 1. The highest BCUT2D eigenvalue weighted by Crippen LogP contribution is 2.15. The van der Waals surface area contributed by atoms with Crippen molar-refractivity contribution in [3.05, 3.63) is 30.3 Å². The molecule has 4 N–H and O–H groups in total. The van der Waals surface area contributed by atoms with Gasteiger partial charge in [-0.15, -0.1) is 0 Å². The number of hydrogen-bond acceptors (Lipinski definition) is 4. The van der Waals surface area contributed by atoms with Crippen molar-refractivity contribution in [2.75, 3.05) is 37.6 Å². The Morgan fingerprint density at radius 2 is 1.79 bits per heavy atom. The standard InChI is InChI=1S/C14H22N4O/c15-12(10-14(16)19)11-17-6-8-18(9-7-17)13-4-2-1-3-5-13/h1-5,12H,6-11,15H2,(H2,16,19)/t12-/m0/s1. The fraction of sp³-hybridized carbons (Fsp3) is 0.500. The zero-order valence-corrected chi connectivity index (χ0v) is 11.2.